The van der Waals surface area contributed by atoms with Gasteiger partial charge in [0.2, 0.25) is 5.91 Å². The zero-order chi connectivity index (χ0) is 16.5. The molecule has 0 saturated carbocycles. The molecule has 1 aliphatic rings. The van der Waals surface area contributed by atoms with Gasteiger partial charge in [-0.1, -0.05) is 17.8 Å². The van der Waals surface area contributed by atoms with Crippen LogP contribution >= 0.6 is 11.8 Å². The maximum atomic E-state index is 13.6. The van der Waals surface area contributed by atoms with E-state index in [2.05, 4.69) is 0 Å². The highest BCUT2D eigenvalue weighted by Crippen LogP contribution is 2.40. The molecule has 0 aromatic heterocycles. The molecule has 1 aromatic rings. The van der Waals surface area contributed by atoms with Crippen LogP contribution in [0.1, 0.15) is 18.9 Å². The lowest BCUT2D eigenvalue weighted by atomic mass is 10.1. The number of amides is 1. The molecule has 8 heteroatoms. The van der Waals surface area contributed by atoms with E-state index in [0.717, 1.165) is 34.9 Å². The molecule has 3 nitrogen and oxygen atoms in total. The molecule has 0 aliphatic carbocycles. The van der Waals surface area contributed by atoms with Crippen LogP contribution in [-0.4, -0.2) is 23.3 Å². The highest BCUT2D eigenvalue weighted by Gasteiger charge is 2.41. The molecular weight excluding hydrogens is 322 g/mol. The number of alkyl halides is 3. The van der Waals surface area contributed by atoms with Gasteiger partial charge < -0.3 is 4.90 Å². The van der Waals surface area contributed by atoms with E-state index in [4.69, 9.17) is 0 Å². The third-order valence-electron chi connectivity index (χ3n) is 3.29. The molecule has 1 amide bonds. The van der Waals surface area contributed by atoms with Crippen LogP contribution in [0.5, 0.6) is 0 Å². The molecule has 0 spiro atoms. The first-order chi connectivity index (χ1) is 10.2. The monoisotopic (exact) mass is 335 g/mol. The molecule has 1 saturated heterocycles. The molecule has 120 valence electrons. The second-order valence-corrected chi connectivity index (χ2v) is 6.21. The molecule has 22 heavy (non-hydrogen) atoms. The highest BCUT2D eigenvalue weighted by atomic mass is 32.2. The molecule has 0 radical (unpaired) electrons. The van der Waals surface area contributed by atoms with E-state index in [1.807, 2.05) is 0 Å². The largest absolute Gasteiger partial charge is 0.421 e. The third kappa shape index (κ3) is 3.60. The van der Waals surface area contributed by atoms with Gasteiger partial charge in [0.15, 0.2) is 5.12 Å². The zero-order valence-electron chi connectivity index (χ0n) is 11.6. The average molecular weight is 335 g/mol. The van der Waals surface area contributed by atoms with Crippen LogP contribution in [-0.2, 0) is 15.8 Å². The molecular formula is C14H13F4NO2S. The summed E-state index contributed by atoms with van der Waals surface area (Å²) in [6, 6.07) is 2.95. The van der Waals surface area contributed by atoms with Gasteiger partial charge in [0.25, 0.3) is 0 Å². The van der Waals surface area contributed by atoms with E-state index >= 15 is 0 Å². The fourth-order valence-corrected chi connectivity index (χ4v) is 3.07. The number of halogens is 4. The van der Waals surface area contributed by atoms with Gasteiger partial charge >= 0.3 is 6.18 Å². The van der Waals surface area contributed by atoms with Crippen LogP contribution in [0.25, 0.3) is 0 Å². The molecule has 1 aliphatic heterocycles. The lowest BCUT2D eigenvalue weighted by Crippen LogP contribution is -2.28. The van der Waals surface area contributed by atoms with E-state index < -0.39 is 29.2 Å². The van der Waals surface area contributed by atoms with Gasteiger partial charge in [0.05, 0.1) is 5.69 Å². The molecule has 1 atom stereocenters. The Labute approximate surface area is 128 Å². The average Bonchev–Trinajstić information content (AvgIpc) is 2.75. The fraction of sp³-hybridized carbons (Fsp3) is 0.429. The SMILES string of the molecule is CC(=O)SCC1CC(=O)N(c2cccc(F)c2C(F)(F)F)C1. The predicted molar refractivity (Wildman–Crippen MR) is 75.0 cm³/mol. The number of benzene rings is 1. The van der Waals surface area contributed by atoms with Crippen molar-refractivity contribution in [2.45, 2.75) is 19.5 Å². The maximum absolute atomic E-state index is 13.6. The number of nitrogens with zero attached hydrogens (tertiary/aromatic N) is 1. The molecule has 0 N–H and O–H groups in total. The minimum atomic E-state index is -4.88. The van der Waals surface area contributed by atoms with Crippen molar-refractivity contribution in [2.24, 2.45) is 5.92 Å². The number of carbonyl (C=O) groups is 2. The van der Waals surface area contributed by atoms with Crippen molar-refractivity contribution in [3.8, 4) is 0 Å². The Morgan fingerprint density at radius 2 is 2.09 bits per heavy atom. The second-order valence-electron chi connectivity index (χ2n) is 5.01. The first-order valence-corrected chi connectivity index (χ1v) is 7.48. The van der Waals surface area contributed by atoms with Crippen molar-refractivity contribution < 1.29 is 27.2 Å². The van der Waals surface area contributed by atoms with Crippen LogP contribution < -0.4 is 4.90 Å². The number of carbonyl (C=O) groups excluding carboxylic acids is 2. The molecule has 1 heterocycles. The topological polar surface area (TPSA) is 37.4 Å². The van der Waals surface area contributed by atoms with Crippen LogP contribution in [0.4, 0.5) is 23.2 Å². The second kappa shape index (κ2) is 6.28. The third-order valence-corrected chi connectivity index (χ3v) is 4.34. The van der Waals surface area contributed by atoms with Gasteiger partial charge in [0.1, 0.15) is 11.4 Å². The standard InChI is InChI=1S/C14H13F4NO2S/c1-8(20)22-7-9-5-12(21)19(6-9)11-4-2-3-10(15)13(11)14(16,17)18/h2-4,9H,5-7H2,1H3. The van der Waals surface area contributed by atoms with Crippen molar-refractivity contribution in [1.29, 1.82) is 0 Å². The van der Waals surface area contributed by atoms with E-state index in [-0.39, 0.29) is 24.0 Å². The quantitative estimate of drug-likeness (QED) is 0.794. The molecule has 1 unspecified atom stereocenters. The summed E-state index contributed by atoms with van der Waals surface area (Å²) in [4.78, 5) is 23.8. The van der Waals surface area contributed by atoms with Crippen molar-refractivity contribution in [3.05, 3.63) is 29.6 Å². The van der Waals surface area contributed by atoms with Crippen LogP contribution in [0.3, 0.4) is 0 Å². The van der Waals surface area contributed by atoms with Crippen molar-refractivity contribution in [1.82, 2.24) is 0 Å². The Kier molecular flexibility index (Phi) is 4.79. The number of thioether (sulfide) groups is 1. The summed E-state index contributed by atoms with van der Waals surface area (Å²) in [7, 11) is 0. The van der Waals surface area contributed by atoms with E-state index in [9.17, 15) is 27.2 Å². The Hall–Kier alpha value is -1.57. The van der Waals surface area contributed by atoms with E-state index in [1.165, 1.54) is 6.92 Å². The predicted octanol–water partition coefficient (Wildman–Crippen LogP) is 3.48. The Morgan fingerprint density at radius 3 is 2.68 bits per heavy atom. The number of anilines is 1. The van der Waals surface area contributed by atoms with Crippen molar-refractivity contribution >= 4 is 28.5 Å². The smallest absolute Gasteiger partial charge is 0.311 e. The number of hydrogen-bond donors (Lipinski definition) is 0. The normalized spacial score (nSPS) is 18.9. The first kappa shape index (κ1) is 16.8. The van der Waals surface area contributed by atoms with Crippen molar-refractivity contribution in [3.63, 3.8) is 0 Å². The van der Waals surface area contributed by atoms with Gasteiger partial charge in [-0.15, -0.1) is 0 Å². The summed E-state index contributed by atoms with van der Waals surface area (Å²) in [6.07, 6.45) is -4.83. The van der Waals surface area contributed by atoms with Crippen LogP contribution in [0.2, 0.25) is 0 Å². The summed E-state index contributed by atoms with van der Waals surface area (Å²) < 4.78 is 52.6. The molecule has 0 bridgehead atoms. The summed E-state index contributed by atoms with van der Waals surface area (Å²) in [5.41, 5.74) is -1.89. The van der Waals surface area contributed by atoms with Gasteiger partial charge in [-0.05, 0) is 18.1 Å². The molecule has 1 fully saturated rings. The van der Waals surface area contributed by atoms with Gasteiger partial charge in [0, 0.05) is 25.6 Å². The summed E-state index contributed by atoms with van der Waals surface area (Å²) in [6.45, 7) is 1.43. The Morgan fingerprint density at radius 1 is 1.41 bits per heavy atom. The highest BCUT2D eigenvalue weighted by molar-refractivity contribution is 8.13. The van der Waals surface area contributed by atoms with Crippen LogP contribution in [0, 0.1) is 11.7 Å². The van der Waals surface area contributed by atoms with Crippen LogP contribution in [0.15, 0.2) is 18.2 Å². The lowest BCUT2D eigenvalue weighted by molar-refractivity contribution is -0.139. The zero-order valence-corrected chi connectivity index (χ0v) is 12.4. The van der Waals surface area contributed by atoms with Gasteiger partial charge in [-0.25, -0.2) is 4.39 Å². The van der Waals surface area contributed by atoms with E-state index in [0.29, 0.717) is 5.75 Å². The summed E-state index contributed by atoms with van der Waals surface area (Å²) >= 11 is 1.03. The Bertz CT molecular complexity index is 603. The van der Waals surface area contributed by atoms with E-state index in [1.54, 1.807) is 0 Å². The Balaban J connectivity index is 2.27. The molecule has 2 rings (SSSR count). The van der Waals surface area contributed by atoms with Gasteiger partial charge in [-0.3, -0.25) is 9.59 Å². The fourth-order valence-electron chi connectivity index (χ4n) is 2.38. The van der Waals surface area contributed by atoms with Crippen molar-refractivity contribution in [2.75, 3.05) is 17.2 Å². The molecule has 1 aromatic carbocycles. The number of rotatable bonds is 3. The summed E-state index contributed by atoms with van der Waals surface area (Å²) in [5, 5.41) is -0.118. The minimum absolute atomic E-state index is 0.0473. The lowest BCUT2D eigenvalue weighted by Gasteiger charge is -2.22. The number of hydrogen-bond acceptors (Lipinski definition) is 3. The minimum Gasteiger partial charge on any atom is -0.311 e. The summed E-state index contributed by atoms with van der Waals surface area (Å²) in [5.74, 6) is -1.77. The maximum Gasteiger partial charge on any atom is 0.421 e. The first-order valence-electron chi connectivity index (χ1n) is 6.49. The van der Waals surface area contributed by atoms with Gasteiger partial charge in [-0.2, -0.15) is 13.2 Å².